The number of hydrazine groups is 1. The molecular weight excluding hydrogens is 240 g/mol. The van der Waals surface area contributed by atoms with Gasteiger partial charge < -0.3 is 4.74 Å². The number of rotatable bonds is 3. The Morgan fingerprint density at radius 1 is 1.62 bits per heavy atom. The molecule has 0 spiro atoms. The van der Waals surface area contributed by atoms with Crippen molar-refractivity contribution < 1.29 is 9.77 Å². The maximum absolute atomic E-state index is 10.1. The summed E-state index contributed by atoms with van der Waals surface area (Å²) in [5, 5.41) is 9.47. The number of hydrogen-bond acceptors (Lipinski definition) is 3. The molecule has 6 heteroatoms. The third-order valence-corrected chi connectivity index (χ3v) is 2.03. The number of ether oxygens (including phenoxy) is 1. The topological polar surface area (TPSA) is 64.4 Å². The molecule has 0 fully saturated rings. The third-order valence-electron chi connectivity index (χ3n) is 1.37. The van der Waals surface area contributed by atoms with Crippen molar-refractivity contribution in [3.63, 3.8) is 0 Å². The molecular formula is C7H7BrN2O3. The summed E-state index contributed by atoms with van der Waals surface area (Å²) >= 11 is 3.23. The number of hydrogen-bond donors (Lipinski definition) is 1. The van der Waals surface area contributed by atoms with Crippen LogP contribution in [0.4, 0.5) is 5.69 Å². The van der Waals surface area contributed by atoms with Crippen LogP contribution in [0.3, 0.4) is 0 Å². The minimum absolute atomic E-state index is 0.380. The molecule has 13 heavy (non-hydrogen) atoms. The lowest BCUT2D eigenvalue weighted by molar-refractivity contribution is -0.445. The van der Waals surface area contributed by atoms with Gasteiger partial charge in [-0.25, -0.2) is 10.1 Å². The number of nitrogens with zero attached hydrogens (tertiary/aromatic N) is 1. The van der Waals surface area contributed by atoms with Gasteiger partial charge in [-0.1, -0.05) is 0 Å². The Bertz CT molecular complexity index is 330. The van der Waals surface area contributed by atoms with Crippen LogP contribution in [-0.2, 0) is 0 Å². The lowest BCUT2D eigenvalue weighted by atomic mass is 10.3. The Labute approximate surface area is 83.0 Å². The van der Waals surface area contributed by atoms with Gasteiger partial charge in [-0.3, -0.25) is 0 Å². The zero-order chi connectivity index (χ0) is 9.84. The SMILES string of the molecule is COc1cc(N[N+](=O)[O-])ccc1Br. The molecule has 0 unspecified atom stereocenters. The van der Waals surface area contributed by atoms with Gasteiger partial charge in [0.1, 0.15) is 11.4 Å². The van der Waals surface area contributed by atoms with Gasteiger partial charge in [0.05, 0.1) is 11.6 Å². The fourth-order valence-corrected chi connectivity index (χ4v) is 1.24. The second-order valence-corrected chi connectivity index (χ2v) is 3.07. The summed E-state index contributed by atoms with van der Waals surface area (Å²) in [4.78, 5) is 10.1. The van der Waals surface area contributed by atoms with Gasteiger partial charge in [-0.2, -0.15) is 0 Å². The van der Waals surface area contributed by atoms with Gasteiger partial charge in [-0.15, -0.1) is 5.43 Å². The van der Waals surface area contributed by atoms with Gasteiger partial charge in [0.2, 0.25) is 0 Å². The molecule has 0 amide bonds. The van der Waals surface area contributed by atoms with Crippen LogP contribution in [0.2, 0.25) is 0 Å². The Balaban J connectivity index is 2.92. The first-order valence-electron chi connectivity index (χ1n) is 3.38. The van der Waals surface area contributed by atoms with Gasteiger partial charge >= 0.3 is 0 Å². The Hall–Kier alpha value is -1.30. The van der Waals surface area contributed by atoms with Crippen LogP contribution in [-0.4, -0.2) is 12.1 Å². The largest absolute Gasteiger partial charge is 0.495 e. The van der Waals surface area contributed by atoms with Crippen molar-refractivity contribution in [1.29, 1.82) is 0 Å². The Morgan fingerprint density at radius 3 is 2.85 bits per heavy atom. The first-order chi connectivity index (χ1) is 6.13. The van der Waals surface area contributed by atoms with Crippen LogP contribution in [0.5, 0.6) is 5.75 Å². The fourth-order valence-electron chi connectivity index (χ4n) is 0.835. The molecule has 1 aromatic carbocycles. The highest BCUT2D eigenvalue weighted by Gasteiger charge is 2.04. The molecule has 0 aromatic heterocycles. The van der Waals surface area contributed by atoms with Crippen LogP contribution >= 0.6 is 15.9 Å². The standard InChI is InChI=1S/C7H7BrN2O3/c1-13-7-4-5(9-10(11)12)2-3-6(7)8/h2-4,9H,1H3. The molecule has 1 rings (SSSR count). The van der Waals surface area contributed by atoms with Crippen molar-refractivity contribution in [2.24, 2.45) is 0 Å². The van der Waals surface area contributed by atoms with Crippen LogP contribution in [0.1, 0.15) is 0 Å². The normalized spacial score (nSPS) is 9.38. The fraction of sp³-hybridized carbons (Fsp3) is 0.143. The first-order valence-corrected chi connectivity index (χ1v) is 4.17. The molecule has 0 aliphatic rings. The van der Waals surface area contributed by atoms with E-state index < -0.39 is 5.03 Å². The van der Waals surface area contributed by atoms with Gasteiger partial charge in [0.15, 0.2) is 5.03 Å². The molecule has 1 N–H and O–H groups in total. The number of anilines is 1. The molecule has 70 valence electrons. The Morgan fingerprint density at radius 2 is 2.31 bits per heavy atom. The minimum Gasteiger partial charge on any atom is -0.495 e. The van der Waals surface area contributed by atoms with E-state index in [2.05, 4.69) is 15.9 Å². The first kappa shape index (κ1) is 9.79. The van der Waals surface area contributed by atoms with Crippen molar-refractivity contribution in [3.05, 3.63) is 32.8 Å². The van der Waals surface area contributed by atoms with E-state index in [9.17, 15) is 10.1 Å². The lowest BCUT2D eigenvalue weighted by Gasteiger charge is -2.03. The van der Waals surface area contributed by atoms with Crippen molar-refractivity contribution in [2.45, 2.75) is 0 Å². The summed E-state index contributed by atoms with van der Waals surface area (Å²) in [6.07, 6.45) is 0. The number of nitrogens with one attached hydrogen (secondary N) is 1. The maximum atomic E-state index is 10.1. The van der Waals surface area contributed by atoms with E-state index >= 15 is 0 Å². The van der Waals surface area contributed by atoms with E-state index in [4.69, 9.17) is 4.74 Å². The second kappa shape index (κ2) is 4.08. The molecule has 0 aliphatic heterocycles. The number of halogens is 1. The van der Waals surface area contributed by atoms with E-state index in [1.807, 2.05) is 5.43 Å². The van der Waals surface area contributed by atoms with E-state index in [1.165, 1.54) is 13.2 Å². The number of methoxy groups -OCH3 is 1. The predicted molar refractivity (Wildman–Crippen MR) is 51.3 cm³/mol. The molecule has 0 atom stereocenters. The van der Waals surface area contributed by atoms with Gasteiger partial charge in [-0.05, 0) is 28.1 Å². The van der Waals surface area contributed by atoms with Crippen LogP contribution in [0.15, 0.2) is 22.7 Å². The van der Waals surface area contributed by atoms with Crippen molar-refractivity contribution in [1.82, 2.24) is 0 Å². The summed E-state index contributed by atoms with van der Waals surface area (Å²) in [6, 6.07) is 4.78. The van der Waals surface area contributed by atoms with E-state index in [0.717, 1.165) is 4.47 Å². The predicted octanol–water partition coefficient (Wildman–Crippen LogP) is 2.06. The molecule has 0 aliphatic carbocycles. The zero-order valence-corrected chi connectivity index (χ0v) is 8.37. The highest BCUT2D eigenvalue weighted by Crippen LogP contribution is 2.27. The smallest absolute Gasteiger partial charge is 0.162 e. The van der Waals surface area contributed by atoms with Crippen LogP contribution in [0.25, 0.3) is 0 Å². The molecule has 1 aromatic rings. The van der Waals surface area contributed by atoms with E-state index in [-0.39, 0.29) is 0 Å². The molecule has 0 heterocycles. The van der Waals surface area contributed by atoms with Gasteiger partial charge in [0.25, 0.3) is 0 Å². The lowest BCUT2D eigenvalue weighted by Crippen LogP contribution is -2.07. The van der Waals surface area contributed by atoms with Crippen LogP contribution < -0.4 is 10.2 Å². The molecule has 0 bridgehead atoms. The maximum Gasteiger partial charge on any atom is 0.162 e. The molecule has 5 nitrogen and oxygen atoms in total. The summed E-state index contributed by atoms with van der Waals surface area (Å²) in [5.74, 6) is 0.548. The van der Waals surface area contributed by atoms with Crippen LogP contribution in [0, 0.1) is 10.1 Å². The summed E-state index contributed by atoms with van der Waals surface area (Å²) in [6.45, 7) is 0. The minimum atomic E-state index is -0.622. The highest BCUT2D eigenvalue weighted by molar-refractivity contribution is 9.10. The number of nitro groups is 1. The summed E-state index contributed by atoms with van der Waals surface area (Å²) in [5.41, 5.74) is 2.41. The van der Waals surface area contributed by atoms with Gasteiger partial charge in [0, 0.05) is 6.07 Å². The second-order valence-electron chi connectivity index (χ2n) is 2.22. The zero-order valence-electron chi connectivity index (χ0n) is 6.78. The summed E-state index contributed by atoms with van der Waals surface area (Å²) < 4.78 is 5.71. The Kier molecular flexibility index (Phi) is 3.07. The highest BCUT2D eigenvalue weighted by atomic mass is 79.9. The van der Waals surface area contributed by atoms with Crippen molar-refractivity contribution >= 4 is 21.6 Å². The van der Waals surface area contributed by atoms with E-state index in [1.54, 1.807) is 12.1 Å². The average molecular weight is 247 g/mol. The summed E-state index contributed by atoms with van der Waals surface area (Å²) in [7, 11) is 1.50. The quantitative estimate of drug-likeness (QED) is 0.655. The number of benzene rings is 1. The molecule has 0 saturated carbocycles. The van der Waals surface area contributed by atoms with Crippen molar-refractivity contribution in [3.8, 4) is 5.75 Å². The molecule has 0 saturated heterocycles. The van der Waals surface area contributed by atoms with Crippen molar-refractivity contribution in [2.75, 3.05) is 12.5 Å². The molecule has 0 radical (unpaired) electrons. The monoisotopic (exact) mass is 246 g/mol. The average Bonchev–Trinajstić information content (AvgIpc) is 2.07. The van der Waals surface area contributed by atoms with E-state index in [0.29, 0.717) is 11.4 Å². The third kappa shape index (κ3) is 2.59.